The second kappa shape index (κ2) is 3.73. The van der Waals surface area contributed by atoms with Crippen LogP contribution in [0.1, 0.15) is 49.3 Å². The van der Waals surface area contributed by atoms with Crippen molar-refractivity contribution < 1.29 is 0 Å². The minimum absolute atomic E-state index is 0.526. The predicted molar refractivity (Wildman–Crippen MR) is 75.8 cm³/mol. The molecule has 0 aliphatic heterocycles. The van der Waals surface area contributed by atoms with E-state index in [0.29, 0.717) is 5.41 Å². The fraction of sp³-hybridized carbons (Fsp3) is 0.556. The van der Waals surface area contributed by atoms with E-state index in [1.54, 1.807) is 16.7 Å². The number of allylic oxidation sites excluding steroid dienone is 2. The van der Waals surface area contributed by atoms with E-state index >= 15 is 0 Å². The second-order valence-electron chi connectivity index (χ2n) is 6.50. The fourth-order valence-corrected chi connectivity index (χ4v) is 4.99. The maximum Gasteiger partial charge on any atom is 0.00244 e. The summed E-state index contributed by atoms with van der Waals surface area (Å²) in [6, 6.07) is 7.10. The molecule has 0 heteroatoms. The van der Waals surface area contributed by atoms with Gasteiger partial charge in [-0.1, -0.05) is 37.3 Å². The van der Waals surface area contributed by atoms with Gasteiger partial charge in [0.05, 0.1) is 0 Å². The van der Waals surface area contributed by atoms with Crippen molar-refractivity contribution in [2.45, 2.75) is 50.9 Å². The van der Waals surface area contributed by atoms with Crippen LogP contribution < -0.4 is 0 Å². The van der Waals surface area contributed by atoms with E-state index in [-0.39, 0.29) is 0 Å². The normalized spacial score (nSPS) is 36.3. The maximum atomic E-state index is 2.53. The molecule has 1 spiro atoms. The molecule has 2 bridgehead atoms. The zero-order valence-corrected chi connectivity index (χ0v) is 11.3. The predicted octanol–water partition coefficient (Wildman–Crippen LogP) is 4.42. The number of hydrogen-bond acceptors (Lipinski definition) is 0. The molecular weight excluding hydrogens is 216 g/mol. The summed E-state index contributed by atoms with van der Waals surface area (Å²) < 4.78 is 0. The lowest BCUT2D eigenvalue weighted by Gasteiger charge is -2.42. The third-order valence-electron chi connectivity index (χ3n) is 5.75. The largest absolute Gasteiger partial charge is 0.0851 e. The molecule has 1 saturated carbocycles. The van der Waals surface area contributed by atoms with Crippen LogP contribution in [0.15, 0.2) is 30.4 Å². The van der Waals surface area contributed by atoms with E-state index in [4.69, 9.17) is 0 Å². The molecule has 18 heavy (non-hydrogen) atoms. The molecule has 0 saturated heterocycles. The number of hydrogen-bond donors (Lipinski definition) is 0. The van der Waals surface area contributed by atoms with Gasteiger partial charge in [0.25, 0.3) is 0 Å². The summed E-state index contributed by atoms with van der Waals surface area (Å²) in [7, 11) is 0. The van der Waals surface area contributed by atoms with Crippen molar-refractivity contribution >= 4 is 0 Å². The second-order valence-corrected chi connectivity index (χ2v) is 6.50. The van der Waals surface area contributed by atoms with Crippen molar-refractivity contribution in [1.29, 1.82) is 0 Å². The van der Waals surface area contributed by atoms with Gasteiger partial charge in [0, 0.05) is 5.41 Å². The van der Waals surface area contributed by atoms with Gasteiger partial charge >= 0.3 is 0 Å². The first kappa shape index (κ1) is 10.8. The maximum absolute atomic E-state index is 2.53. The minimum atomic E-state index is 0.526. The van der Waals surface area contributed by atoms with Crippen molar-refractivity contribution in [2.75, 3.05) is 0 Å². The molecule has 0 radical (unpaired) electrons. The number of rotatable bonds is 1. The van der Waals surface area contributed by atoms with Gasteiger partial charge in [-0.3, -0.25) is 0 Å². The van der Waals surface area contributed by atoms with Gasteiger partial charge in [0.1, 0.15) is 0 Å². The van der Waals surface area contributed by atoms with E-state index in [1.165, 1.54) is 38.5 Å². The van der Waals surface area contributed by atoms with Gasteiger partial charge in [-0.2, -0.15) is 0 Å². The van der Waals surface area contributed by atoms with Crippen molar-refractivity contribution in [3.63, 3.8) is 0 Å². The van der Waals surface area contributed by atoms with Gasteiger partial charge < -0.3 is 0 Å². The highest BCUT2D eigenvalue weighted by Crippen LogP contribution is 2.58. The Balaban J connectivity index is 1.89. The Hall–Kier alpha value is -1.04. The molecule has 0 aromatic heterocycles. The molecule has 3 atom stereocenters. The average molecular weight is 238 g/mol. The summed E-state index contributed by atoms with van der Waals surface area (Å²) >= 11 is 0. The molecule has 3 aliphatic rings. The van der Waals surface area contributed by atoms with Crippen LogP contribution in [-0.4, -0.2) is 0 Å². The van der Waals surface area contributed by atoms with Gasteiger partial charge in [-0.05, 0) is 67.1 Å². The monoisotopic (exact) mass is 238 g/mol. The topological polar surface area (TPSA) is 0 Å². The minimum Gasteiger partial charge on any atom is -0.0851 e. The first-order valence-electron chi connectivity index (χ1n) is 7.63. The average Bonchev–Trinajstić information content (AvgIpc) is 3.00. The van der Waals surface area contributed by atoms with Gasteiger partial charge in [-0.15, -0.1) is 0 Å². The van der Waals surface area contributed by atoms with Crippen LogP contribution in [0.5, 0.6) is 0 Å². The Morgan fingerprint density at radius 2 is 2.22 bits per heavy atom. The molecule has 1 aromatic rings. The van der Waals surface area contributed by atoms with Crippen LogP contribution in [0.3, 0.4) is 0 Å². The van der Waals surface area contributed by atoms with Crippen LogP contribution in [0.4, 0.5) is 0 Å². The highest BCUT2D eigenvalue weighted by molar-refractivity contribution is 5.45. The Bertz CT molecular complexity index is 511. The van der Waals surface area contributed by atoms with Crippen molar-refractivity contribution in [1.82, 2.24) is 0 Å². The fourth-order valence-electron chi connectivity index (χ4n) is 4.99. The summed E-state index contributed by atoms with van der Waals surface area (Å²) in [5, 5.41) is 0. The summed E-state index contributed by atoms with van der Waals surface area (Å²) in [5.41, 5.74) is 5.58. The van der Waals surface area contributed by atoms with Crippen LogP contribution in [-0.2, 0) is 18.3 Å². The lowest BCUT2D eigenvalue weighted by atomic mass is 9.62. The highest BCUT2D eigenvalue weighted by atomic mass is 14.5. The number of aryl methyl sites for hydroxylation is 1. The van der Waals surface area contributed by atoms with E-state index in [0.717, 1.165) is 11.8 Å². The van der Waals surface area contributed by atoms with Crippen molar-refractivity contribution in [3.8, 4) is 0 Å². The van der Waals surface area contributed by atoms with Crippen LogP contribution in [0, 0.1) is 11.8 Å². The molecule has 94 valence electrons. The standard InChI is InChI=1S/C18H22/c1-2-14-5-3-7-17-16(14)6-4-10-18(17)12-13-8-9-15(18)11-13/h3,5,7-9,13,15H,2,4,6,10-12H2,1H3. The zero-order valence-electron chi connectivity index (χ0n) is 11.3. The lowest BCUT2D eigenvalue weighted by molar-refractivity contribution is 0.303. The van der Waals surface area contributed by atoms with Gasteiger partial charge in [-0.25, -0.2) is 0 Å². The summed E-state index contributed by atoms with van der Waals surface area (Å²) in [6.45, 7) is 2.30. The van der Waals surface area contributed by atoms with Gasteiger partial charge in [0.2, 0.25) is 0 Å². The highest BCUT2D eigenvalue weighted by Gasteiger charge is 2.50. The quantitative estimate of drug-likeness (QED) is 0.635. The van der Waals surface area contributed by atoms with E-state index in [9.17, 15) is 0 Å². The van der Waals surface area contributed by atoms with Crippen molar-refractivity contribution in [2.24, 2.45) is 11.8 Å². The Kier molecular flexibility index (Phi) is 2.24. The van der Waals surface area contributed by atoms with Gasteiger partial charge in [0.15, 0.2) is 0 Å². The SMILES string of the molecule is CCc1cccc2c1CCCC21CC2C=CC1C2. The summed E-state index contributed by atoms with van der Waals surface area (Å²) in [5.74, 6) is 1.72. The molecule has 0 amide bonds. The molecule has 3 aliphatic carbocycles. The zero-order chi connectivity index (χ0) is 12.2. The summed E-state index contributed by atoms with van der Waals surface area (Å²) in [6.07, 6.45) is 13.2. The third kappa shape index (κ3) is 1.27. The first-order valence-corrected chi connectivity index (χ1v) is 7.63. The number of fused-ring (bicyclic) bond motifs is 5. The smallest absolute Gasteiger partial charge is 0.00244 e. The molecule has 4 rings (SSSR count). The molecule has 1 fully saturated rings. The van der Waals surface area contributed by atoms with Crippen LogP contribution in [0.2, 0.25) is 0 Å². The molecule has 1 aromatic carbocycles. The Labute approximate surface area is 110 Å². The Morgan fingerprint density at radius 1 is 1.28 bits per heavy atom. The molecular formula is C18H22. The molecule has 0 N–H and O–H groups in total. The molecule has 3 unspecified atom stereocenters. The van der Waals surface area contributed by atoms with Crippen LogP contribution in [0.25, 0.3) is 0 Å². The molecule has 0 nitrogen and oxygen atoms in total. The Morgan fingerprint density at radius 3 is 2.94 bits per heavy atom. The first-order chi connectivity index (χ1) is 8.83. The van der Waals surface area contributed by atoms with E-state index < -0.39 is 0 Å². The van der Waals surface area contributed by atoms with E-state index in [1.807, 2.05) is 0 Å². The summed E-state index contributed by atoms with van der Waals surface area (Å²) in [4.78, 5) is 0. The van der Waals surface area contributed by atoms with Crippen LogP contribution >= 0.6 is 0 Å². The molecule has 0 heterocycles. The third-order valence-corrected chi connectivity index (χ3v) is 5.75. The van der Waals surface area contributed by atoms with E-state index in [2.05, 4.69) is 37.3 Å². The number of benzene rings is 1. The lowest BCUT2D eigenvalue weighted by Crippen LogP contribution is -2.35. The van der Waals surface area contributed by atoms with Crippen molar-refractivity contribution in [3.05, 3.63) is 47.0 Å².